The summed E-state index contributed by atoms with van der Waals surface area (Å²) in [6.45, 7) is -0.0988. The molecule has 1 aromatic rings. The molecular weight excluding hydrogens is 283 g/mol. The maximum Gasteiger partial charge on any atom is 0.433 e. The monoisotopic (exact) mass is 301 g/mol. The number of fused-ring (bicyclic) bond motifs is 2. The predicted octanol–water partition coefficient (Wildman–Crippen LogP) is 2.84. The number of aromatic nitrogens is 2. The molecule has 3 rings (SSSR count). The highest BCUT2D eigenvalue weighted by Crippen LogP contribution is 2.48. The molecule has 0 unspecified atom stereocenters. The molecule has 2 saturated carbocycles. The average Bonchev–Trinajstić information content (AvgIpc) is 3.06. The Bertz CT molecular complexity index is 521. The zero-order valence-corrected chi connectivity index (χ0v) is 11.5. The highest BCUT2D eigenvalue weighted by molar-refractivity contribution is 5.31. The third kappa shape index (κ3) is 2.97. The lowest BCUT2D eigenvalue weighted by molar-refractivity contribution is -0.142. The van der Waals surface area contributed by atoms with Crippen LogP contribution in [-0.4, -0.2) is 21.6 Å². The number of nitrogens with zero attached hydrogens (tertiary/aromatic N) is 2. The SMILES string of the molecule is OCc1cnc(NC[C@@H]2C[C@H]3CC[C@@H]2C3)nc1C(F)(F)F. The topological polar surface area (TPSA) is 58.0 Å². The number of anilines is 1. The van der Waals surface area contributed by atoms with E-state index in [-0.39, 0.29) is 11.5 Å². The van der Waals surface area contributed by atoms with Crippen molar-refractivity contribution >= 4 is 5.95 Å². The fourth-order valence-electron chi connectivity index (χ4n) is 3.70. The van der Waals surface area contributed by atoms with Gasteiger partial charge in [-0.1, -0.05) is 6.42 Å². The summed E-state index contributed by atoms with van der Waals surface area (Å²) >= 11 is 0. The molecule has 0 radical (unpaired) electrons. The van der Waals surface area contributed by atoms with Gasteiger partial charge in [-0.25, -0.2) is 9.97 Å². The lowest BCUT2D eigenvalue weighted by atomic mass is 9.89. The fourth-order valence-corrected chi connectivity index (χ4v) is 3.70. The first-order valence-electron chi connectivity index (χ1n) is 7.25. The van der Waals surface area contributed by atoms with Gasteiger partial charge in [-0.05, 0) is 37.0 Å². The molecule has 2 fully saturated rings. The highest BCUT2D eigenvalue weighted by atomic mass is 19.4. The Morgan fingerprint density at radius 1 is 1.29 bits per heavy atom. The zero-order valence-electron chi connectivity index (χ0n) is 11.5. The Morgan fingerprint density at radius 3 is 2.67 bits per heavy atom. The van der Waals surface area contributed by atoms with Crippen LogP contribution in [0, 0.1) is 17.8 Å². The van der Waals surface area contributed by atoms with E-state index in [1.165, 1.54) is 19.3 Å². The van der Waals surface area contributed by atoms with Crippen molar-refractivity contribution in [3.63, 3.8) is 0 Å². The van der Waals surface area contributed by atoms with Crippen molar-refractivity contribution in [1.29, 1.82) is 0 Å². The van der Waals surface area contributed by atoms with Gasteiger partial charge in [0.25, 0.3) is 0 Å². The maximum absolute atomic E-state index is 12.8. The predicted molar refractivity (Wildman–Crippen MR) is 70.4 cm³/mol. The molecule has 21 heavy (non-hydrogen) atoms. The van der Waals surface area contributed by atoms with Gasteiger partial charge in [-0.15, -0.1) is 0 Å². The quantitative estimate of drug-likeness (QED) is 0.898. The van der Waals surface area contributed by atoms with Gasteiger partial charge in [0.05, 0.1) is 6.61 Å². The molecule has 2 bridgehead atoms. The molecule has 0 saturated heterocycles. The fraction of sp³-hybridized carbons (Fsp3) is 0.714. The van der Waals surface area contributed by atoms with E-state index in [1.54, 1.807) is 0 Å². The first-order valence-corrected chi connectivity index (χ1v) is 7.25. The largest absolute Gasteiger partial charge is 0.433 e. The van der Waals surface area contributed by atoms with Gasteiger partial charge in [-0.2, -0.15) is 13.2 Å². The van der Waals surface area contributed by atoms with Crippen molar-refractivity contribution < 1.29 is 18.3 Å². The Kier molecular flexibility index (Phi) is 3.77. The van der Waals surface area contributed by atoms with Gasteiger partial charge in [0.15, 0.2) is 5.69 Å². The van der Waals surface area contributed by atoms with Crippen LogP contribution in [0.5, 0.6) is 0 Å². The van der Waals surface area contributed by atoms with E-state index >= 15 is 0 Å². The highest BCUT2D eigenvalue weighted by Gasteiger charge is 2.39. The van der Waals surface area contributed by atoms with Crippen molar-refractivity contribution in [2.45, 2.75) is 38.5 Å². The van der Waals surface area contributed by atoms with Crippen LogP contribution >= 0.6 is 0 Å². The number of aliphatic hydroxyl groups excluding tert-OH is 1. The molecule has 1 aromatic heterocycles. The van der Waals surface area contributed by atoms with E-state index in [4.69, 9.17) is 5.11 Å². The molecule has 2 aliphatic rings. The smallest absolute Gasteiger partial charge is 0.392 e. The molecule has 4 nitrogen and oxygen atoms in total. The second-order valence-electron chi connectivity index (χ2n) is 6.04. The van der Waals surface area contributed by atoms with E-state index in [0.717, 1.165) is 18.5 Å². The average molecular weight is 301 g/mol. The van der Waals surface area contributed by atoms with Gasteiger partial charge in [0.2, 0.25) is 5.95 Å². The lowest BCUT2D eigenvalue weighted by Gasteiger charge is -2.22. The Morgan fingerprint density at radius 2 is 2.10 bits per heavy atom. The summed E-state index contributed by atoms with van der Waals surface area (Å²) in [5.41, 5.74) is -1.36. The normalized spacial score (nSPS) is 28.1. The number of alkyl halides is 3. The van der Waals surface area contributed by atoms with Crippen LogP contribution < -0.4 is 5.32 Å². The van der Waals surface area contributed by atoms with Crippen molar-refractivity contribution in [2.24, 2.45) is 17.8 Å². The minimum absolute atomic E-state index is 0.0118. The van der Waals surface area contributed by atoms with Crippen LogP contribution in [-0.2, 0) is 12.8 Å². The zero-order chi connectivity index (χ0) is 15.0. The van der Waals surface area contributed by atoms with Crippen molar-refractivity contribution in [3.8, 4) is 0 Å². The van der Waals surface area contributed by atoms with Crippen LogP contribution in [0.15, 0.2) is 6.20 Å². The van der Waals surface area contributed by atoms with Crippen LogP contribution in [0.4, 0.5) is 19.1 Å². The number of rotatable bonds is 4. The molecule has 7 heteroatoms. The third-order valence-electron chi connectivity index (χ3n) is 4.71. The first kappa shape index (κ1) is 14.6. The lowest BCUT2D eigenvalue weighted by Crippen LogP contribution is -2.22. The molecule has 2 N–H and O–H groups in total. The Balaban J connectivity index is 1.68. The van der Waals surface area contributed by atoms with Gasteiger partial charge in [-0.3, -0.25) is 0 Å². The number of aliphatic hydroxyl groups is 1. The minimum Gasteiger partial charge on any atom is -0.392 e. The molecule has 0 spiro atoms. The summed E-state index contributed by atoms with van der Waals surface area (Å²) in [6, 6.07) is 0. The van der Waals surface area contributed by atoms with Crippen LogP contribution in [0.25, 0.3) is 0 Å². The van der Waals surface area contributed by atoms with E-state index in [1.807, 2.05) is 0 Å². The minimum atomic E-state index is -4.58. The van der Waals surface area contributed by atoms with Gasteiger partial charge in [0.1, 0.15) is 0 Å². The Labute approximate surface area is 120 Å². The second kappa shape index (κ2) is 5.44. The molecule has 0 aromatic carbocycles. The van der Waals surface area contributed by atoms with Crippen molar-refractivity contribution in [1.82, 2.24) is 9.97 Å². The molecule has 0 aliphatic heterocycles. The van der Waals surface area contributed by atoms with Crippen LogP contribution in [0.1, 0.15) is 36.9 Å². The standard InChI is InChI=1S/C14H18F3N3O/c15-14(16,17)12-11(7-21)6-19-13(20-12)18-5-10-4-8-1-2-9(10)3-8/h6,8-10,21H,1-5,7H2,(H,18,19,20)/t8-,9+,10-/m0/s1. The molecule has 0 amide bonds. The third-order valence-corrected chi connectivity index (χ3v) is 4.71. The summed E-state index contributed by atoms with van der Waals surface area (Å²) in [6.07, 6.45) is 1.39. The number of halogens is 3. The van der Waals surface area contributed by atoms with E-state index in [0.29, 0.717) is 18.4 Å². The summed E-state index contributed by atoms with van der Waals surface area (Å²) in [4.78, 5) is 7.40. The number of nitrogens with one attached hydrogen (secondary N) is 1. The summed E-state index contributed by atoms with van der Waals surface area (Å²) in [7, 11) is 0. The van der Waals surface area contributed by atoms with E-state index in [9.17, 15) is 13.2 Å². The van der Waals surface area contributed by atoms with Crippen LogP contribution in [0.2, 0.25) is 0 Å². The maximum atomic E-state index is 12.8. The molecule has 2 aliphatic carbocycles. The summed E-state index contributed by atoms with van der Waals surface area (Å²) < 4.78 is 38.5. The molecule has 116 valence electrons. The number of hydrogen-bond acceptors (Lipinski definition) is 4. The van der Waals surface area contributed by atoms with Crippen molar-refractivity contribution in [2.75, 3.05) is 11.9 Å². The molecular formula is C14H18F3N3O. The van der Waals surface area contributed by atoms with Crippen molar-refractivity contribution in [3.05, 3.63) is 17.5 Å². The Hall–Kier alpha value is -1.37. The van der Waals surface area contributed by atoms with E-state index in [2.05, 4.69) is 15.3 Å². The molecule has 3 atom stereocenters. The van der Waals surface area contributed by atoms with E-state index < -0.39 is 18.5 Å². The van der Waals surface area contributed by atoms with Gasteiger partial charge in [0, 0.05) is 18.3 Å². The molecule has 1 heterocycles. The second-order valence-corrected chi connectivity index (χ2v) is 6.04. The first-order chi connectivity index (χ1) is 9.97. The van der Waals surface area contributed by atoms with Crippen LogP contribution in [0.3, 0.4) is 0 Å². The van der Waals surface area contributed by atoms with Gasteiger partial charge >= 0.3 is 6.18 Å². The summed E-state index contributed by atoms with van der Waals surface area (Å²) in [5.74, 6) is 1.99. The van der Waals surface area contributed by atoms with Gasteiger partial charge < -0.3 is 10.4 Å². The summed E-state index contributed by atoms with van der Waals surface area (Å²) in [5, 5.41) is 11.9. The number of hydrogen-bond donors (Lipinski definition) is 2.